The third kappa shape index (κ3) is 3.82. The van der Waals surface area contributed by atoms with Crippen LogP contribution in [0, 0.1) is 0 Å². The van der Waals surface area contributed by atoms with Crippen LogP contribution in [0.15, 0.2) is 21.6 Å². The van der Waals surface area contributed by atoms with Crippen molar-refractivity contribution in [1.29, 1.82) is 0 Å². The Morgan fingerprint density at radius 1 is 1.29 bits per heavy atom. The summed E-state index contributed by atoms with van der Waals surface area (Å²) < 4.78 is 29.8. The van der Waals surface area contributed by atoms with Crippen LogP contribution in [0.25, 0.3) is 0 Å². The molecule has 0 aliphatic rings. The number of carboxylic acid groups (broad SMARTS) is 1. The van der Waals surface area contributed by atoms with Crippen molar-refractivity contribution in [3.8, 4) is 0 Å². The van der Waals surface area contributed by atoms with Crippen molar-refractivity contribution >= 4 is 21.9 Å². The topological polar surface area (TPSA) is 108 Å². The van der Waals surface area contributed by atoms with E-state index in [4.69, 9.17) is 9.52 Å². The number of nitrogens with zero attached hydrogens (tertiary/aromatic N) is 2. The Balaban J connectivity index is 3.09. The first-order valence-electron chi connectivity index (χ1n) is 6.12. The zero-order valence-corrected chi connectivity index (χ0v) is 13.0. The first-order chi connectivity index (χ1) is 9.57. The lowest BCUT2D eigenvalue weighted by atomic mass is 10.3. The number of hydrogen-bond acceptors (Lipinski definition) is 5. The van der Waals surface area contributed by atoms with Crippen molar-refractivity contribution in [3.63, 3.8) is 0 Å². The van der Waals surface area contributed by atoms with Gasteiger partial charge in [0.1, 0.15) is 6.54 Å². The monoisotopic (exact) mass is 318 g/mol. The molecule has 1 aromatic rings. The van der Waals surface area contributed by atoms with Crippen molar-refractivity contribution in [2.24, 2.45) is 0 Å². The number of carbonyl (C=O) groups excluding carboxylic acids is 1. The fourth-order valence-corrected chi connectivity index (χ4v) is 2.32. The molecule has 1 N–H and O–H groups in total. The maximum atomic E-state index is 12.2. The molecule has 0 aliphatic heterocycles. The van der Waals surface area contributed by atoms with Crippen molar-refractivity contribution in [2.75, 3.05) is 20.6 Å². The Morgan fingerprint density at radius 3 is 2.29 bits per heavy atom. The van der Waals surface area contributed by atoms with Gasteiger partial charge in [0, 0.05) is 20.1 Å². The Bertz CT molecular complexity index is 632. The van der Waals surface area contributed by atoms with E-state index in [-0.39, 0.29) is 16.9 Å². The van der Waals surface area contributed by atoms with Gasteiger partial charge >= 0.3 is 5.97 Å². The highest BCUT2D eigenvalue weighted by Gasteiger charge is 2.27. The van der Waals surface area contributed by atoms with E-state index in [0.717, 1.165) is 9.21 Å². The molecule has 0 unspecified atom stereocenters. The van der Waals surface area contributed by atoms with Crippen LogP contribution < -0.4 is 0 Å². The van der Waals surface area contributed by atoms with Gasteiger partial charge in [-0.2, -0.15) is 0 Å². The highest BCUT2D eigenvalue weighted by atomic mass is 32.2. The lowest BCUT2D eigenvalue weighted by Gasteiger charge is -2.23. The van der Waals surface area contributed by atoms with Crippen LogP contribution in [-0.2, 0) is 14.8 Å². The quantitative estimate of drug-likeness (QED) is 0.816. The van der Waals surface area contributed by atoms with Gasteiger partial charge in [0.2, 0.25) is 5.09 Å². The Labute approximate surface area is 123 Å². The average molecular weight is 318 g/mol. The van der Waals surface area contributed by atoms with Crippen molar-refractivity contribution in [2.45, 2.75) is 25.0 Å². The highest BCUT2D eigenvalue weighted by molar-refractivity contribution is 7.88. The van der Waals surface area contributed by atoms with Crippen LogP contribution in [0.2, 0.25) is 0 Å². The first kappa shape index (κ1) is 17.2. The smallest absolute Gasteiger partial charge is 0.323 e. The minimum absolute atomic E-state index is 0.217. The molecule has 0 aliphatic carbocycles. The van der Waals surface area contributed by atoms with E-state index >= 15 is 0 Å². The lowest BCUT2D eigenvalue weighted by molar-refractivity contribution is -0.138. The molecule has 1 aromatic heterocycles. The van der Waals surface area contributed by atoms with E-state index < -0.39 is 28.4 Å². The highest BCUT2D eigenvalue weighted by Crippen LogP contribution is 2.18. The van der Waals surface area contributed by atoms with Crippen LogP contribution >= 0.6 is 0 Å². The second-order valence-corrected chi connectivity index (χ2v) is 6.91. The first-order valence-corrected chi connectivity index (χ1v) is 7.56. The molecule has 9 heteroatoms. The zero-order chi connectivity index (χ0) is 16.4. The minimum atomic E-state index is -3.78. The van der Waals surface area contributed by atoms with Gasteiger partial charge in [0.15, 0.2) is 5.76 Å². The molecule has 118 valence electrons. The predicted octanol–water partition coefficient (Wildman–Crippen LogP) is 0.465. The van der Waals surface area contributed by atoms with E-state index in [0.29, 0.717) is 0 Å². The number of furan rings is 1. The molecule has 0 atom stereocenters. The summed E-state index contributed by atoms with van der Waals surface area (Å²) in [6.45, 7) is 2.81. The van der Waals surface area contributed by atoms with Crippen LogP contribution in [0.5, 0.6) is 0 Å². The summed E-state index contributed by atoms with van der Waals surface area (Å²) in [5.74, 6) is -2.05. The van der Waals surface area contributed by atoms with Crippen LogP contribution in [0.4, 0.5) is 0 Å². The molecule has 0 aromatic carbocycles. The fraction of sp³-hybridized carbons (Fsp3) is 0.500. The molecule has 0 radical (unpaired) electrons. The van der Waals surface area contributed by atoms with Gasteiger partial charge in [-0.3, -0.25) is 9.59 Å². The number of carboxylic acids is 1. The molecule has 21 heavy (non-hydrogen) atoms. The van der Waals surface area contributed by atoms with E-state index in [1.807, 2.05) is 0 Å². The maximum absolute atomic E-state index is 12.2. The molecule has 0 saturated heterocycles. The number of carbonyl (C=O) groups is 2. The summed E-state index contributed by atoms with van der Waals surface area (Å²) in [5.41, 5.74) is 0. The number of amides is 1. The third-order valence-corrected chi connectivity index (χ3v) is 4.41. The van der Waals surface area contributed by atoms with E-state index in [1.54, 1.807) is 13.8 Å². The van der Waals surface area contributed by atoms with Crippen molar-refractivity contribution in [3.05, 3.63) is 17.9 Å². The Hall–Kier alpha value is -1.87. The van der Waals surface area contributed by atoms with E-state index in [2.05, 4.69) is 0 Å². The standard InChI is InChI=1S/C12H18N2O6S/c1-8(2)14(7-10(15)16)12(17)9-5-6-11(20-9)21(18,19)13(3)4/h5-6,8H,7H2,1-4H3,(H,15,16). The Kier molecular flexibility index (Phi) is 5.13. The summed E-state index contributed by atoms with van der Waals surface area (Å²) in [6.07, 6.45) is 0. The fourth-order valence-electron chi connectivity index (χ4n) is 1.53. The van der Waals surface area contributed by atoms with Crippen LogP contribution in [0.3, 0.4) is 0 Å². The molecule has 1 heterocycles. The summed E-state index contributed by atoms with van der Waals surface area (Å²) in [5, 5.41) is 8.44. The molecule has 8 nitrogen and oxygen atoms in total. The molecule has 0 spiro atoms. The predicted molar refractivity (Wildman–Crippen MR) is 73.4 cm³/mol. The van der Waals surface area contributed by atoms with Crippen molar-refractivity contribution in [1.82, 2.24) is 9.21 Å². The van der Waals surface area contributed by atoms with Gasteiger partial charge in [0.05, 0.1) is 0 Å². The summed E-state index contributed by atoms with van der Waals surface area (Å²) in [4.78, 5) is 24.0. The van der Waals surface area contributed by atoms with E-state index in [1.165, 1.54) is 26.2 Å². The molecule has 1 rings (SSSR count). The van der Waals surface area contributed by atoms with Gasteiger partial charge in [-0.15, -0.1) is 0 Å². The summed E-state index contributed by atoms with van der Waals surface area (Å²) in [7, 11) is -1.10. The third-order valence-electron chi connectivity index (χ3n) is 2.72. The molecule has 0 bridgehead atoms. The lowest BCUT2D eigenvalue weighted by Crippen LogP contribution is -2.40. The number of sulfonamides is 1. The summed E-state index contributed by atoms with van der Waals surface area (Å²) >= 11 is 0. The van der Waals surface area contributed by atoms with Gasteiger partial charge in [-0.05, 0) is 26.0 Å². The number of aliphatic carboxylic acids is 1. The Morgan fingerprint density at radius 2 is 1.86 bits per heavy atom. The molecule has 0 fully saturated rings. The maximum Gasteiger partial charge on any atom is 0.323 e. The molecular formula is C12H18N2O6S. The van der Waals surface area contributed by atoms with Gasteiger partial charge in [-0.25, -0.2) is 12.7 Å². The van der Waals surface area contributed by atoms with Crippen LogP contribution in [-0.4, -0.2) is 61.3 Å². The zero-order valence-electron chi connectivity index (χ0n) is 12.2. The molecular weight excluding hydrogens is 300 g/mol. The van der Waals surface area contributed by atoms with Crippen molar-refractivity contribution < 1.29 is 27.5 Å². The largest absolute Gasteiger partial charge is 0.480 e. The minimum Gasteiger partial charge on any atom is -0.480 e. The normalized spacial score (nSPS) is 11.9. The second kappa shape index (κ2) is 6.27. The molecule has 1 amide bonds. The van der Waals surface area contributed by atoms with Gasteiger partial charge < -0.3 is 14.4 Å². The summed E-state index contributed by atoms with van der Waals surface area (Å²) in [6, 6.07) is 2.02. The SMILES string of the molecule is CC(C)N(CC(=O)O)C(=O)c1ccc(S(=O)(=O)N(C)C)o1. The second-order valence-electron chi connectivity index (χ2n) is 4.83. The van der Waals surface area contributed by atoms with Gasteiger partial charge in [0.25, 0.3) is 15.9 Å². The molecule has 0 saturated carbocycles. The average Bonchev–Trinajstić information content (AvgIpc) is 2.84. The number of hydrogen-bond donors (Lipinski definition) is 1. The van der Waals surface area contributed by atoms with Crippen LogP contribution in [0.1, 0.15) is 24.4 Å². The van der Waals surface area contributed by atoms with Gasteiger partial charge in [-0.1, -0.05) is 0 Å². The number of rotatable bonds is 6. The van der Waals surface area contributed by atoms with E-state index in [9.17, 15) is 18.0 Å².